The van der Waals surface area contributed by atoms with Gasteiger partial charge in [0.1, 0.15) is 16.7 Å². The molecule has 1 atom stereocenters. The van der Waals surface area contributed by atoms with Crippen LogP contribution < -0.4 is 10.1 Å². The molecule has 1 aliphatic rings. The van der Waals surface area contributed by atoms with Gasteiger partial charge in [-0.2, -0.15) is 0 Å². The predicted molar refractivity (Wildman–Crippen MR) is 135 cm³/mol. The molecule has 3 rings (SSSR count). The van der Waals surface area contributed by atoms with E-state index in [1.165, 1.54) is 17.0 Å². The zero-order chi connectivity index (χ0) is 26.7. The Balaban J connectivity index is 1.84. The van der Waals surface area contributed by atoms with Crippen LogP contribution in [0.15, 0.2) is 53.4 Å². The van der Waals surface area contributed by atoms with Crippen LogP contribution >= 0.6 is 0 Å². The Hall–Kier alpha value is -3.40. The van der Waals surface area contributed by atoms with Crippen molar-refractivity contribution < 1.29 is 27.5 Å². The minimum Gasteiger partial charge on any atom is -0.497 e. The molecule has 0 aromatic heterocycles. The van der Waals surface area contributed by atoms with E-state index in [0.29, 0.717) is 12.2 Å². The number of nitrogens with zero attached hydrogens (tertiary/aromatic N) is 2. The van der Waals surface area contributed by atoms with Crippen LogP contribution in [0.25, 0.3) is 0 Å². The molecule has 3 amide bonds. The molecular formula is C26H33N3O6S. The molecule has 0 aliphatic carbocycles. The van der Waals surface area contributed by atoms with Gasteiger partial charge in [-0.3, -0.25) is 14.4 Å². The molecule has 1 aliphatic heterocycles. The molecule has 9 nitrogen and oxygen atoms in total. The van der Waals surface area contributed by atoms with E-state index in [9.17, 15) is 22.8 Å². The summed E-state index contributed by atoms with van der Waals surface area (Å²) in [5.41, 5.74) is 0.376. The van der Waals surface area contributed by atoms with Crippen molar-refractivity contribution in [3.63, 3.8) is 0 Å². The highest BCUT2D eigenvalue weighted by molar-refractivity contribution is 7.90. The highest BCUT2D eigenvalue weighted by Crippen LogP contribution is 2.30. The molecular weight excluding hydrogens is 482 g/mol. The minimum atomic E-state index is -4.03. The lowest BCUT2D eigenvalue weighted by Crippen LogP contribution is -2.53. The van der Waals surface area contributed by atoms with Crippen molar-refractivity contribution in [3.05, 3.63) is 59.7 Å². The van der Waals surface area contributed by atoms with Crippen molar-refractivity contribution in [2.75, 3.05) is 13.7 Å². The number of hydrogen-bond acceptors (Lipinski definition) is 6. The fourth-order valence-corrected chi connectivity index (χ4v) is 5.66. The standard InChI is InChI=1S/C26H33N3O6S/c1-6-21(24(31)27-26(2,3)4)28(17-18-11-13-19(35-5)14-12-18)23(30)15-16-29-25(32)20-9-7-8-10-22(20)36(29,33)34/h7-14,21H,6,15-17H2,1-5H3,(H,27,31)/t21-/m1/s1. The van der Waals surface area contributed by atoms with Gasteiger partial charge in [0.15, 0.2) is 0 Å². The third-order valence-electron chi connectivity index (χ3n) is 5.84. The van der Waals surface area contributed by atoms with Gasteiger partial charge >= 0.3 is 0 Å². The molecule has 0 fully saturated rings. The monoisotopic (exact) mass is 515 g/mol. The van der Waals surface area contributed by atoms with Crippen LogP contribution in [0, 0.1) is 0 Å². The lowest BCUT2D eigenvalue weighted by atomic mass is 10.1. The van der Waals surface area contributed by atoms with Crippen LogP contribution in [0.1, 0.15) is 56.5 Å². The Morgan fingerprint density at radius 3 is 2.28 bits per heavy atom. The number of hydrogen-bond donors (Lipinski definition) is 1. The van der Waals surface area contributed by atoms with Gasteiger partial charge in [-0.1, -0.05) is 31.2 Å². The lowest BCUT2D eigenvalue weighted by Gasteiger charge is -2.33. The molecule has 2 aromatic carbocycles. The van der Waals surface area contributed by atoms with E-state index in [4.69, 9.17) is 4.74 Å². The summed E-state index contributed by atoms with van der Waals surface area (Å²) in [6.45, 7) is 7.20. The van der Waals surface area contributed by atoms with E-state index in [1.807, 2.05) is 27.7 Å². The fourth-order valence-electron chi connectivity index (χ4n) is 4.09. The summed E-state index contributed by atoms with van der Waals surface area (Å²) in [5, 5.41) is 2.93. The molecule has 194 valence electrons. The molecule has 36 heavy (non-hydrogen) atoms. The number of nitrogens with one attached hydrogen (secondary N) is 1. The maximum Gasteiger partial charge on any atom is 0.269 e. The molecule has 2 aromatic rings. The van der Waals surface area contributed by atoms with Crippen LogP contribution in [-0.4, -0.2) is 60.6 Å². The molecule has 1 N–H and O–H groups in total. The summed E-state index contributed by atoms with van der Waals surface area (Å²) in [5.74, 6) is -0.728. The number of rotatable bonds is 9. The van der Waals surface area contributed by atoms with Gasteiger partial charge in [0.2, 0.25) is 11.8 Å². The van der Waals surface area contributed by atoms with Gasteiger partial charge in [-0.05, 0) is 57.0 Å². The summed E-state index contributed by atoms with van der Waals surface area (Å²) in [7, 11) is -2.47. The number of fused-ring (bicyclic) bond motifs is 1. The van der Waals surface area contributed by atoms with E-state index < -0.39 is 33.4 Å². The van der Waals surface area contributed by atoms with Crippen molar-refractivity contribution in [1.82, 2.24) is 14.5 Å². The number of methoxy groups -OCH3 is 1. The number of carbonyl (C=O) groups is 3. The Labute approximate surface area is 212 Å². The minimum absolute atomic E-state index is 0.0615. The van der Waals surface area contributed by atoms with E-state index in [1.54, 1.807) is 43.5 Å². The van der Waals surface area contributed by atoms with E-state index >= 15 is 0 Å². The summed E-state index contributed by atoms with van der Waals surface area (Å²) < 4.78 is 31.7. The van der Waals surface area contributed by atoms with Crippen LogP contribution in [0.3, 0.4) is 0 Å². The first-order valence-electron chi connectivity index (χ1n) is 11.8. The Kier molecular flexibility index (Phi) is 8.08. The third-order valence-corrected chi connectivity index (χ3v) is 7.68. The quantitative estimate of drug-likeness (QED) is 0.549. The summed E-state index contributed by atoms with van der Waals surface area (Å²) in [4.78, 5) is 40.7. The zero-order valence-electron chi connectivity index (χ0n) is 21.3. The largest absolute Gasteiger partial charge is 0.497 e. The molecule has 0 saturated heterocycles. The van der Waals surface area contributed by atoms with Crippen LogP contribution in [-0.2, 0) is 26.2 Å². The van der Waals surface area contributed by atoms with Crippen LogP contribution in [0.4, 0.5) is 0 Å². The van der Waals surface area contributed by atoms with E-state index in [-0.39, 0.29) is 35.9 Å². The second-order valence-corrected chi connectivity index (χ2v) is 11.5. The topological polar surface area (TPSA) is 113 Å². The Bertz CT molecular complexity index is 1240. The van der Waals surface area contributed by atoms with Crippen molar-refractivity contribution in [2.45, 2.75) is 63.6 Å². The zero-order valence-corrected chi connectivity index (χ0v) is 22.1. The van der Waals surface area contributed by atoms with Gasteiger partial charge in [0, 0.05) is 25.0 Å². The normalized spacial score (nSPS) is 15.2. The molecule has 0 saturated carbocycles. The summed E-state index contributed by atoms with van der Waals surface area (Å²) >= 11 is 0. The predicted octanol–water partition coefficient (Wildman–Crippen LogP) is 2.95. The SMILES string of the molecule is CC[C@H](C(=O)NC(C)(C)C)N(Cc1ccc(OC)cc1)C(=O)CCN1C(=O)c2ccccc2S1(=O)=O. The lowest BCUT2D eigenvalue weighted by molar-refractivity contribution is -0.142. The van der Waals surface area contributed by atoms with Crippen LogP contribution in [0.2, 0.25) is 0 Å². The Morgan fingerprint density at radius 1 is 1.08 bits per heavy atom. The van der Waals surface area contributed by atoms with Gasteiger partial charge in [0.05, 0.1) is 12.7 Å². The Morgan fingerprint density at radius 2 is 1.72 bits per heavy atom. The third kappa shape index (κ3) is 5.87. The number of benzene rings is 2. The fraction of sp³-hybridized carbons (Fsp3) is 0.423. The van der Waals surface area contributed by atoms with Gasteiger partial charge in [0.25, 0.3) is 15.9 Å². The number of carbonyl (C=O) groups excluding carboxylic acids is 3. The first-order chi connectivity index (χ1) is 16.9. The highest BCUT2D eigenvalue weighted by atomic mass is 32.2. The highest BCUT2D eigenvalue weighted by Gasteiger charge is 2.41. The average Bonchev–Trinajstić information content (AvgIpc) is 3.01. The van der Waals surface area contributed by atoms with Crippen molar-refractivity contribution >= 4 is 27.7 Å². The number of sulfonamides is 1. The smallest absolute Gasteiger partial charge is 0.269 e. The van der Waals surface area contributed by atoms with Crippen molar-refractivity contribution in [2.24, 2.45) is 0 Å². The first-order valence-corrected chi connectivity index (χ1v) is 13.2. The first kappa shape index (κ1) is 27.2. The van der Waals surface area contributed by atoms with Crippen LogP contribution in [0.5, 0.6) is 5.75 Å². The maximum atomic E-state index is 13.5. The van der Waals surface area contributed by atoms with Crippen molar-refractivity contribution in [1.29, 1.82) is 0 Å². The molecule has 0 spiro atoms. The van der Waals surface area contributed by atoms with Crippen molar-refractivity contribution in [3.8, 4) is 5.75 Å². The van der Waals surface area contributed by atoms with Gasteiger partial charge in [-0.15, -0.1) is 0 Å². The molecule has 0 radical (unpaired) electrons. The average molecular weight is 516 g/mol. The number of amides is 3. The molecule has 0 bridgehead atoms. The van der Waals surface area contributed by atoms with Gasteiger partial charge < -0.3 is 15.0 Å². The number of ether oxygens (including phenoxy) is 1. The maximum absolute atomic E-state index is 13.5. The second kappa shape index (κ2) is 10.7. The second-order valence-electron chi connectivity index (χ2n) is 9.66. The molecule has 0 unspecified atom stereocenters. The molecule has 10 heteroatoms. The van der Waals surface area contributed by atoms with E-state index in [0.717, 1.165) is 9.87 Å². The summed E-state index contributed by atoms with van der Waals surface area (Å²) in [6.07, 6.45) is 0.102. The van der Waals surface area contributed by atoms with Gasteiger partial charge in [-0.25, -0.2) is 12.7 Å². The molecule has 1 heterocycles. The van der Waals surface area contributed by atoms with E-state index in [2.05, 4.69) is 5.32 Å². The summed E-state index contributed by atoms with van der Waals surface area (Å²) in [6, 6.07) is 12.3.